The van der Waals surface area contributed by atoms with Crippen molar-refractivity contribution in [3.05, 3.63) is 66.4 Å². The van der Waals surface area contributed by atoms with E-state index >= 15 is 0 Å². The van der Waals surface area contributed by atoms with Crippen LogP contribution in [0, 0.1) is 0 Å². The average molecular weight is 597 g/mol. The number of amides is 2. The van der Waals surface area contributed by atoms with Crippen molar-refractivity contribution in [1.82, 2.24) is 40.0 Å². The van der Waals surface area contributed by atoms with E-state index in [0.29, 0.717) is 24.2 Å². The Hall–Kier alpha value is -4.74. The largest absolute Gasteiger partial charge is 0.494 e. The molecule has 0 bridgehead atoms. The van der Waals surface area contributed by atoms with E-state index in [-0.39, 0.29) is 11.4 Å². The zero-order valence-corrected chi connectivity index (χ0v) is 25.6. The number of carbonyl (C=O) groups is 1. The van der Waals surface area contributed by atoms with E-state index in [0.717, 1.165) is 53.3 Å². The lowest BCUT2D eigenvalue weighted by atomic mass is 9.92. The fourth-order valence-corrected chi connectivity index (χ4v) is 5.60. The molecule has 0 spiro atoms. The van der Waals surface area contributed by atoms with E-state index in [4.69, 9.17) is 4.74 Å². The van der Waals surface area contributed by atoms with E-state index in [1.165, 1.54) is 32.1 Å². The molecule has 12 nitrogen and oxygen atoms in total. The molecule has 2 amide bonds. The quantitative estimate of drug-likeness (QED) is 0.155. The minimum absolute atomic E-state index is 0.0816. The van der Waals surface area contributed by atoms with Gasteiger partial charge in [0.25, 0.3) is 0 Å². The first kappa shape index (κ1) is 29.3. The Kier molecular flexibility index (Phi) is 8.58. The van der Waals surface area contributed by atoms with Gasteiger partial charge in [0.2, 0.25) is 0 Å². The van der Waals surface area contributed by atoms with E-state index in [1.54, 1.807) is 6.33 Å². The van der Waals surface area contributed by atoms with Gasteiger partial charge in [0.15, 0.2) is 11.6 Å². The first-order chi connectivity index (χ1) is 21.3. The highest BCUT2D eigenvalue weighted by molar-refractivity contribution is 5.99. The van der Waals surface area contributed by atoms with Crippen molar-refractivity contribution in [2.24, 2.45) is 0 Å². The molecule has 230 valence electrons. The normalized spacial score (nSPS) is 14.2. The molecule has 0 saturated heterocycles. The lowest BCUT2D eigenvalue weighted by Gasteiger charge is -2.22. The van der Waals surface area contributed by atoms with Crippen molar-refractivity contribution < 1.29 is 9.53 Å². The number of aromatic amines is 1. The monoisotopic (exact) mass is 596 g/mol. The van der Waals surface area contributed by atoms with Gasteiger partial charge in [0.1, 0.15) is 12.1 Å². The molecular weight excluding hydrogens is 556 g/mol. The first-order valence-corrected chi connectivity index (χ1v) is 15.4. The van der Waals surface area contributed by atoms with Crippen molar-refractivity contribution in [2.75, 3.05) is 17.2 Å². The van der Waals surface area contributed by atoms with Crippen LogP contribution in [0.3, 0.4) is 0 Å². The van der Waals surface area contributed by atoms with Crippen molar-refractivity contribution in [3.63, 3.8) is 0 Å². The van der Waals surface area contributed by atoms with Gasteiger partial charge in [-0.2, -0.15) is 5.10 Å². The van der Waals surface area contributed by atoms with Crippen LogP contribution in [-0.2, 0) is 11.8 Å². The van der Waals surface area contributed by atoms with Crippen LogP contribution >= 0.6 is 0 Å². The molecule has 1 aliphatic rings. The van der Waals surface area contributed by atoms with Crippen molar-refractivity contribution in [3.8, 4) is 11.4 Å². The van der Waals surface area contributed by atoms with Crippen LogP contribution in [0.25, 0.3) is 16.7 Å². The summed E-state index contributed by atoms with van der Waals surface area (Å²) in [6, 6.07) is 15.5. The van der Waals surface area contributed by atoms with Crippen molar-refractivity contribution in [1.29, 1.82) is 0 Å². The number of anilines is 2. The summed E-state index contributed by atoms with van der Waals surface area (Å²) < 4.78 is 10.1. The van der Waals surface area contributed by atoms with Crippen LogP contribution in [0.2, 0.25) is 0 Å². The third-order valence-corrected chi connectivity index (χ3v) is 8.09. The standard InChI is InChI=1S/C32H40N10O2/c1-32(2,3)28-20-29(37-36-28)35-31(43)34-22-12-14-23(15-13-22)41-21-33-26-19-25(16-17-27(26)41)44-18-8-7-11-30-38-39-40-42(30)24-9-5-4-6-10-24/h12-17,19-21,24H,4-11,18H2,1-3H3,(H3,34,35,36,37,43). The molecule has 3 N–H and O–H groups in total. The van der Waals surface area contributed by atoms with Crippen LogP contribution in [0.4, 0.5) is 16.3 Å². The number of urea groups is 1. The van der Waals surface area contributed by atoms with Crippen LogP contribution in [0.15, 0.2) is 54.9 Å². The molecule has 6 rings (SSSR count). The maximum absolute atomic E-state index is 12.5. The number of hydrogen-bond donors (Lipinski definition) is 3. The average Bonchev–Trinajstić information content (AvgIpc) is 3.78. The number of unbranched alkanes of at least 4 members (excludes halogenated alkanes) is 1. The second-order valence-corrected chi connectivity index (χ2v) is 12.4. The van der Waals surface area contributed by atoms with Crippen LogP contribution < -0.4 is 15.4 Å². The van der Waals surface area contributed by atoms with Gasteiger partial charge in [-0.05, 0) is 72.5 Å². The van der Waals surface area contributed by atoms with Crippen LogP contribution in [0.5, 0.6) is 5.75 Å². The van der Waals surface area contributed by atoms with Gasteiger partial charge in [0, 0.05) is 41.0 Å². The predicted octanol–water partition coefficient (Wildman–Crippen LogP) is 6.58. The first-order valence-electron chi connectivity index (χ1n) is 15.4. The summed E-state index contributed by atoms with van der Waals surface area (Å²) in [7, 11) is 0. The number of rotatable bonds is 10. The number of tetrazole rings is 1. The SMILES string of the molecule is CC(C)(C)c1cc(NC(=O)Nc2ccc(-n3cnc4cc(OCCCCc5nnnn5C5CCCCC5)ccc43)cc2)n[nH]1. The molecule has 1 fully saturated rings. The van der Waals surface area contributed by atoms with Crippen LogP contribution in [0.1, 0.15) is 83.3 Å². The van der Waals surface area contributed by atoms with Gasteiger partial charge < -0.3 is 10.1 Å². The molecule has 5 aromatic rings. The number of fused-ring (bicyclic) bond motifs is 1. The molecular formula is C32H40N10O2. The fraction of sp³-hybridized carbons (Fsp3) is 0.438. The molecule has 0 unspecified atom stereocenters. The summed E-state index contributed by atoms with van der Waals surface area (Å²) in [6.45, 7) is 6.86. The Bertz CT molecular complexity index is 1690. The molecule has 1 aliphatic carbocycles. The predicted molar refractivity (Wildman–Crippen MR) is 169 cm³/mol. The lowest BCUT2D eigenvalue weighted by Crippen LogP contribution is -2.19. The van der Waals surface area contributed by atoms with Gasteiger partial charge in [-0.15, -0.1) is 5.10 Å². The lowest BCUT2D eigenvalue weighted by molar-refractivity contribution is 0.262. The second kappa shape index (κ2) is 12.9. The molecule has 0 aliphatic heterocycles. The Morgan fingerprint density at radius 2 is 1.84 bits per heavy atom. The Morgan fingerprint density at radius 3 is 2.61 bits per heavy atom. The maximum Gasteiger partial charge on any atom is 0.324 e. The summed E-state index contributed by atoms with van der Waals surface area (Å²) in [5.41, 5.74) is 4.29. The van der Waals surface area contributed by atoms with E-state index in [2.05, 4.69) is 66.8 Å². The number of nitrogens with zero attached hydrogens (tertiary/aromatic N) is 7. The minimum atomic E-state index is -0.356. The van der Waals surface area contributed by atoms with E-state index < -0.39 is 0 Å². The highest BCUT2D eigenvalue weighted by Crippen LogP contribution is 2.28. The molecule has 2 aromatic carbocycles. The summed E-state index contributed by atoms with van der Waals surface area (Å²) >= 11 is 0. The zero-order valence-electron chi connectivity index (χ0n) is 25.6. The molecule has 3 aromatic heterocycles. The van der Waals surface area contributed by atoms with Gasteiger partial charge in [0.05, 0.1) is 23.7 Å². The number of nitrogens with one attached hydrogen (secondary N) is 3. The zero-order chi connectivity index (χ0) is 30.5. The highest BCUT2D eigenvalue weighted by atomic mass is 16.5. The molecule has 1 saturated carbocycles. The third-order valence-electron chi connectivity index (χ3n) is 8.09. The molecule has 3 heterocycles. The van der Waals surface area contributed by atoms with Gasteiger partial charge in [-0.25, -0.2) is 14.5 Å². The number of H-pyrrole nitrogens is 1. The number of ether oxygens (including phenoxy) is 1. The Balaban J connectivity index is 0.990. The topological polar surface area (TPSA) is 140 Å². The van der Waals surface area contributed by atoms with Gasteiger partial charge in [-0.3, -0.25) is 15.0 Å². The third kappa shape index (κ3) is 6.90. The number of imidazole rings is 1. The number of hydrogen-bond acceptors (Lipinski definition) is 7. The summed E-state index contributed by atoms with van der Waals surface area (Å²) in [4.78, 5) is 17.1. The van der Waals surface area contributed by atoms with Crippen molar-refractivity contribution >= 4 is 28.6 Å². The summed E-state index contributed by atoms with van der Waals surface area (Å²) in [5.74, 6) is 2.26. The van der Waals surface area contributed by atoms with Gasteiger partial charge in [-0.1, -0.05) is 40.0 Å². The number of carbonyl (C=O) groups excluding carboxylic acids is 1. The highest BCUT2D eigenvalue weighted by Gasteiger charge is 2.20. The Morgan fingerprint density at radius 1 is 1.02 bits per heavy atom. The fourth-order valence-electron chi connectivity index (χ4n) is 5.60. The minimum Gasteiger partial charge on any atom is -0.494 e. The smallest absolute Gasteiger partial charge is 0.324 e. The van der Waals surface area contributed by atoms with E-state index in [1.807, 2.05) is 53.1 Å². The molecule has 0 radical (unpaired) electrons. The summed E-state index contributed by atoms with van der Waals surface area (Å²) in [6.07, 6.45) is 10.7. The molecule has 12 heteroatoms. The number of aromatic nitrogens is 8. The van der Waals surface area contributed by atoms with Gasteiger partial charge >= 0.3 is 6.03 Å². The maximum atomic E-state index is 12.5. The number of aryl methyl sites for hydroxylation is 1. The Labute approximate surface area is 256 Å². The van der Waals surface area contributed by atoms with E-state index in [9.17, 15) is 4.79 Å². The summed E-state index contributed by atoms with van der Waals surface area (Å²) in [5, 5.41) is 25.2. The molecule has 0 atom stereocenters. The van der Waals surface area contributed by atoms with Crippen molar-refractivity contribution in [2.45, 2.75) is 83.6 Å². The number of benzene rings is 2. The second-order valence-electron chi connectivity index (χ2n) is 12.4. The van der Waals surface area contributed by atoms with Crippen LogP contribution in [-0.4, -0.2) is 52.6 Å². The molecule has 44 heavy (non-hydrogen) atoms.